The lowest BCUT2D eigenvalue weighted by Crippen LogP contribution is -2.48. The number of aryl methyl sites for hydroxylation is 1. The van der Waals surface area contributed by atoms with Crippen molar-refractivity contribution in [1.82, 2.24) is 15.5 Å². The van der Waals surface area contributed by atoms with Crippen LogP contribution in [0.15, 0.2) is 28.8 Å². The Hall–Kier alpha value is -2.22. The summed E-state index contributed by atoms with van der Waals surface area (Å²) in [5.41, 5.74) is 0. The van der Waals surface area contributed by atoms with E-state index in [1.165, 1.54) is 11.8 Å². The average Bonchev–Trinajstić information content (AvgIpc) is 3.14. The van der Waals surface area contributed by atoms with Crippen molar-refractivity contribution in [3.63, 3.8) is 0 Å². The molecule has 3 rings (SSSR count). The van der Waals surface area contributed by atoms with Gasteiger partial charge >= 0.3 is 0 Å². The lowest BCUT2D eigenvalue weighted by atomic mass is 9.92. The van der Waals surface area contributed by atoms with Gasteiger partial charge < -0.3 is 19.3 Å². The third kappa shape index (κ3) is 6.96. The van der Waals surface area contributed by atoms with Gasteiger partial charge in [-0.2, -0.15) is 4.98 Å². The van der Waals surface area contributed by atoms with Crippen molar-refractivity contribution in [2.45, 2.75) is 63.9 Å². The number of hydrogen-bond acceptors (Lipinski definition) is 7. The molecule has 2 atom stereocenters. The van der Waals surface area contributed by atoms with Gasteiger partial charge in [-0.15, -0.1) is 11.8 Å². The van der Waals surface area contributed by atoms with Gasteiger partial charge in [0, 0.05) is 6.92 Å². The van der Waals surface area contributed by atoms with E-state index in [0.717, 1.165) is 43.6 Å². The van der Waals surface area contributed by atoms with Gasteiger partial charge in [0.15, 0.2) is 5.82 Å². The van der Waals surface area contributed by atoms with Gasteiger partial charge in [0.2, 0.25) is 11.8 Å². The number of carbonyl (C=O) groups is 1. The van der Waals surface area contributed by atoms with E-state index in [-0.39, 0.29) is 18.1 Å². The first-order chi connectivity index (χ1) is 14.1. The standard InChI is InChI=1S/C21H29N3O4S/c1-3-12-26-16-8-10-17(11-9-16)27-19-7-5-4-6-18(19)23-21(25)14-29-13-20-22-15(2)28-24-20/h8-11,18-19H,3-7,12-14H2,1-2H3,(H,23,25)/t18-,19-/m0/s1. The predicted molar refractivity (Wildman–Crippen MR) is 112 cm³/mol. The van der Waals surface area contributed by atoms with Crippen molar-refractivity contribution in [2.24, 2.45) is 0 Å². The minimum Gasteiger partial charge on any atom is -0.494 e. The fourth-order valence-corrected chi connectivity index (χ4v) is 3.97. The van der Waals surface area contributed by atoms with Crippen molar-refractivity contribution in [3.05, 3.63) is 36.0 Å². The first kappa shape index (κ1) is 21.5. The quantitative estimate of drug-likeness (QED) is 0.625. The second kappa shape index (κ2) is 11.1. The van der Waals surface area contributed by atoms with Crippen LogP contribution in [0.3, 0.4) is 0 Å². The van der Waals surface area contributed by atoms with E-state index in [0.29, 0.717) is 29.8 Å². The van der Waals surface area contributed by atoms with Crippen molar-refractivity contribution in [1.29, 1.82) is 0 Å². The summed E-state index contributed by atoms with van der Waals surface area (Å²) in [4.78, 5) is 16.5. The predicted octanol–water partition coefficient (Wildman–Crippen LogP) is 3.91. The van der Waals surface area contributed by atoms with Crippen LogP contribution in [0, 0.1) is 6.92 Å². The Morgan fingerprint density at radius 1 is 1.24 bits per heavy atom. The summed E-state index contributed by atoms with van der Waals surface area (Å²) in [6.45, 7) is 4.55. The minimum absolute atomic E-state index is 0.0130. The zero-order valence-corrected chi connectivity index (χ0v) is 17.9. The number of hydrogen-bond donors (Lipinski definition) is 1. The zero-order valence-electron chi connectivity index (χ0n) is 17.1. The van der Waals surface area contributed by atoms with Crippen LogP contribution in [0.1, 0.15) is 50.7 Å². The Kier molecular flexibility index (Phi) is 8.22. The highest BCUT2D eigenvalue weighted by Gasteiger charge is 2.28. The molecule has 0 saturated heterocycles. The lowest BCUT2D eigenvalue weighted by molar-refractivity contribution is -0.120. The second-order valence-electron chi connectivity index (χ2n) is 7.16. The number of ether oxygens (including phenoxy) is 2. The molecule has 1 fully saturated rings. The fourth-order valence-electron chi connectivity index (χ4n) is 3.30. The number of nitrogens with one attached hydrogen (secondary N) is 1. The molecule has 0 radical (unpaired) electrons. The SMILES string of the molecule is CCCOc1ccc(O[C@H]2CCCC[C@@H]2NC(=O)CSCc2noc(C)n2)cc1. The highest BCUT2D eigenvalue weighted by atomic mass is 32.2. The van der Waals surface area contributed by atoms with Crippen LogP contribution in [0.25, 0.3) is 0 Å². The third-order valence-electron chi connectivity index (χ3n) is 4.67. The topological polar surface area (TPSA) is 86.5 Å². The summed E-state index contributed by atoms with van der Waals surface area (Å²) < 4.78 is 16.8. The van der Waals surface area contributed by atoms with E-state index < -0.39 is 0 Å². The average molecular weight is 420 g/mol. The normalized spacial score (nSPS) is 19.0. The lowest BCUT2D eigenvalue weighted by Gasteiger charge is -2.32. The van der Waals surface area contributed by atoms with E-state index in [4.69, 9.17) is 14.0 Å². The number of aromatic nitrogens is 2. The van der Waals surface area contributed by atoms with Gasteiger partial charge in [-0.3, -0.25) is 4.79 Å². The van der Waals surface area contributed by atoms with Gasteiger partial charge in [-0.25, -0.2) is 0 Å². The molecule has 0 bridgehead atoms. The van der Waals surface area contributed by atoms with Crippen LogP contribution >= 0.6 is 11.8 Å². The monoisotopic (exact) mass is 419 g/mol. The van der Waals surface area contributed by atoms with Crippen LogP contribution < -0.4 is 14.8 Å². The molecule has 1 aliphatic rings. The van der Waals surface area contributed by atoms with Crippen LogP contribution in [-0.2, 0) is 10.5 Å². The molecule has 1 N–H and O–H groups in total. The molecule has 158 valence electrons. The van der Waals surface area contributed by atoms with Gasteiger partial charge in [-0.1, -0.05) is 18.5 Å². The van der Waals surface area contributed by atoms with Crippen molar-refractivity contribution < 1.29 is 18.8 Å². The largest absolute Gasteiger partial charge is 0.494 e. The van der Waals surface area contributed by atoms with Gasteiger partial charge in [-0.05, 0) is 49.9 Å². The molecule has 1 aromatic carbocycles. The number of nitrogens with zero attached hydrogens (tertiary/aromatic N) is 2. The van der Waals surface area contributed by atoms with Crippen LogP contribution in [0.2, 0.25) is 0 Å². The van der Waals surface area contributed by atoms with E-state index in [1.807, 2.05) is 24.3 Å². The summed E-state index contributed by atoms with van der Waals surface area (Å²) in [7, 11) is 0. The number of amides is 1. The van der Waals surface area contributed by atoms with Crippen molar-refractivity contribution in [3.8, 4) is 11.5 Å². The first-order valence-electron chi connectivity index (χ1n) is 10.2. The van der Waals surface area contributed by atoms with E-state index in [2.05, 4.69) is 22.4 Å². The van der Waals surface area contributed by atoms with Crippen LogP contribution in [-0.4, -0.2) is 40.6 Å². The Labute approximate surface area is 175 Å². The third-order valence-corrected chi connectivity index (χ3v) is 5.60. The Morgan fingerprint density at radius 2 is 2.00 bits per heavy atom. The minimum atomic E-state index is -0.0139. The molecule has 29 heavy (non-hydrogen) atoms. The molecule has 0 spiro atoms. The van der Waals surface area contributed by atoms with Gasteiger partial charge in [0.25, 0.3) is 0 Å². The first-order valence-corrected chi connectivity index (χ1v) is 11.4. The number of rotatable bonds is 10. The van der Waals surface area contributed by atoms with Gasteiger partial charge in [0.1, 0.15) is 17.6 Å². The zero-order chi connectivity index (χ0) is 20.5. The molecule has 1 heterocycles. The Balaban J connectivity index is 1.46. The molecular weight excluding hydrogens is 390 g/mol. The highest BCUT2D eigenvalue weighted by Crippen LogP contribution is 2.26. The molecule has 0 aliphatic heterocycles. The summed E-state index contributed by atoms with van der Waals surface area (Å²) in [5.74, 6) is 3.74. The van der Waals surface area contributed by atoms with Crippen molar-refractivity contribution >= 4 is 17.7 Å². The smallest absolute Gasteiger partial charge is 0.230 e. The van der Waals surface area contributed by atoms with Crippen LogP contribution in [0.5, 0.6) is 11.5 Å². The molecule has 0 unspecified atom stereocenters. The number of carbonyl (C=O) groups excluding carboxylic acids is 1. The molecule has 1 amide bonds. The number of benzene rings is 1. The maximum Gasteiger partial charge on any atom is 0.230 e. The highest BCUT2D eigenvalue weighted by molar-refractivity contribution is 7.99. The van der Waals surface area contributed by atoms with E-state index in [9.17, 15) is 4.79 Å². The Morgan fingerprint density at radius 3 is 2.72 bits per heavy atom. The molecule has 1 saturated carbocycles. The summed E-state index contributed by atoms with van der Waals surface area (Å²) in [6.07, 6.45) is 5.05. The molecule has 7 nitrogen and oxygen atoms in total. The number of thioether (sulfide) groups is 1. The summed E-state index contributed by atoms with van der Waals surface area (Å²) >= 11 is 1.48. The Bertz CT molecular complexity index is 766. The maximum absolute atomic E-state index is 12.4. The second-order valence-corrected chi connectivity index (χ2v) is 8.14. The molecule has 8 heteroatoms. The van der Waals surface area contributed by atoms with Crippen molar-refractivity contribution in [2.75, 3.05) is 12.4 Å². The fraction of sp³-hybridized carbons (Fsp3) is 0.571. The van der Waals surface area contributed by atoms with E-state index >= 15 is 0 Å². The molecule has 1 aliphatic carbocycles. The molecular formula is C21H29N3O4S. The molecule has 1 aromatic heterocycles. The molecule has 2 aromatic rings. The van der Waals surface area contributed by atoms with E-state index in [1.54, 1.807) is 6.92 Å². The summed E-state index contributed by atoms with van der Waals surface area (Å²) in [5, 5.41) is 6.99. The summed E-state index contributed by atoms with van der Waals surface area (Å²) in [6, 6.07) is 7.75. The van der Waals surface area contributed by atoms with Crippen LogP contribution in [0.4, 0.5) is 0 Å². The maximum atomic E-state index is 12.4. The van der Waals surface area contributed by atoms with Gasteiger partial charge in [0.05, 0.1) is 24.2 Å².